The number of hydrogen-bond acceptors (Lipinski definition) is 11. The molecule has 0 aliphatic carbocycles. The molecule has 1 rings (SSSR count). The molecule has 0 aromatic rings. The monoisotopic (exact) mass is 1040 g/mol. The topological polar surface area (TPSA) is 175 Å². The van der Waals surface area contributed by atoms with E-state index in [9.17, 15) is 34.5 Å². The van der Waals surface area contributed by atoms with Crippen LogP contribution in [0.3, 0.4) is 0 Å². The van der Waals surface area contributed by atoms with Crippen molar-refractivity contribution >= 4 is 23.9 Å². The lowest BCUT2D eigenvalue weighted by Gasteiger charge is -2.40. The molecule has 75 heavy (non-hydrogen) atoms. The number of carboxylic acid groups (broad SMARTS) is 1. The molecule has 0 radical (unpaired) electrons. The molecule has 0 aromatic heterocycles. The SMILES string of the molecule is CC/C=C\C/C=C\C/C=C\C/C=C\C/C=C\CCCC(=O)OC1C(OCC(COC(=O)C/C=C\C/C=C\C/C=C\C/C=C\C/C=C\CC)OC(=O)CCCCCCC/C=C\CCCCCC)OC(C(=O)O)C(O)C1O. The molecule has 1 saturated heterocycles. The average Bonchev–Trinajstić information content (AvgIpc) is 3.39. The molecule has 12 nitrogen and oxygen atoms in total. The standard InChI is InChI=1S/C63H96O12/c1-4-7-10-13-16-19-22-25-27-28-30-33-36-39-42-45-48-51-57(66)74-61-59(68)58(67)60(62(69)70)75-63(61)72-53-54(73-56(65)50-47-44-41-38-35-31-24-21-18-15-12-9-6-3)52-71-55(64)49-46-43-40-37-34-32-29-26-23-20-17-14-11-8-5-2/h7-8,10-11,16-17,19-21,24-27,29-30,33-34,37,39,42-43,46,54,58-61,63,67-68H,4-6,9,12-15,18,22-23,28,31-32,35-36,38,40-41,44-45,47-53H2,1-3H3,(H,69,70)/b10-7-,11-8-,19-16-,20-17-,24-21-,27-25-,29-26-,33-30-,37-34-,42-39-,46-43-. The highest BCUT2D eigenvalue weighted by atomic mass is 16.7. The second kappa shape index (κ2) is 49.7. The fourth-order valence-electron chi connectivity index (χ4n) is 7.47. The number of rotatable bonds is 45. The molecular formula is C63H96O12. The van der Waals surface area contributed by atoms with Crippen molar-refractivity contribution in [1.29, 1.82) is 0 Å². The number of aliphatic hydroxyl groups excluding tert-OH is 2. The number of carboxylic acids is 1. The van der Waals surface area contributed by atoms with Gasteiger partial charge in [-0.1, -0.05) is 193 Å². The van der Waals surface area contributed by atoms with Crippen molar-refractivity contribution in [1.82, 2.24) is 0 Å². The number of carbonyl (C=O) groups excluding carboxylic acids is 3. The van der Waals surface area contributed by atoms with E-state index in [1.54, 1.807) is 6.08 Å². The Balaban J connectivity index is 2.81. The second-order valence-corrected chi connectivity index (χ2v) is 18.5. The van der Waals surface area contributed by atoms with Crippen LogP contribution >= 0.6 is 0 Å². The molecule has 1 aliphatic rings. The predicted molar refractivity (Wildman–Crippen MR) is 303 cm³/mol. The van der Waals surface area contributed by atoms with Crippen molar-refractivity contribution in [2.45, 2.75) is 225 Å². The third-order valence-corrected chi connectivity index (χ3v) is 11.7. The maximum Gasteiger partial charge on any atom is 0.335 e. The van der Waals surface area contributed by atoms with Gasteiger partial charge in [-0.3, -0.25) is 14.4 Å². The molecule has 0 saturated carbocycles. The van der Waals surface area contributed by atoms with Crippen LogP contribution in [0.1, 0.15) is 188 Å². The van der Waals surface area contributed by atoms with Crippen molar-refractivity contribution < 1.29 is 58.2 Å². The summed E-state index contributed by atoms with van der Waals surface area (Å²) in [6.45, 7) is 5.60. The molecule has 12 heteroatoms. The highest BCUT2D eigenvalue weighted by Crippen LogP contribution is 2.26. The molecule has 0 bridgehead atoms. The van der Waals surface area contributed by atoms with Crippen molar-refractivity contribution in [3.8, 4) is 0 Å². The van der Waals surface area contributed by atoms with Crippen LogP contribution in [0.25, 0.3) is 0 Å². The molecule has 1 heterocycles. The van der Waals surface area contributed by atoms with Gasteiger partial charge in [0.2, 0.25) is 0 Å². The van der Waals surface area contributed by atoms with Gasteiger partial charge in [-0.15, -0.1) is 0 Å². The Morgan fingerprint density at radius 2 is 0.893 bits per heavy atom. The third-order valence-electron chi connectivity index (χ3n) is 11.7. The number of esters is 3. The van der Waals surface area contributed by atoms with E-state index < -0.39 is 67.3 Å². The zero-order valence-electron chi connectivity index (χ0n) is 46.0. The van der Waals surface area contributed by atoms with Crippen LogP contribution in [0.5, 0.6) is 0 Å². The largest absolute Gasteiger partial charge is 0.479 e. The summed E-state index contributed by atoms with van der Waals surface area (Å²) in [5, 5.41) is 31.4. The zero-order chi connectivity index (χ0) is 54.7. The number of aliphatic carboxylic acids is 1. The maximum absolute atomic E-state index is 13.1. The van der Waals surface area contributed by atoms with Crippen LogP contribution in [-0.4, -0.2) is 89.2 Å². The highest BCUT2D eigenvalue weighted by Gasteiger charge is 2.50. The van der Waals surface area contributed by atoms with Crippen LogP contribution in [0.2, 0.25) is 0 Å². The minimum Gasteiger partial charge on any atom is -0.479 e. The van der Waals surface area contributed by atoms with E-state index in [4.69, 9.17) is 23.7 Å². The fraction of sp³-hybridized carbons (Fsp3) is 0.587. The van der Waals surface area contributed by atoms with Crippen LogP contribution in [0.15, 0.2) is 134 Å². The quantitative estimate of drug-likeness (QED) is 0.0228. The van der Waals surface area contributed by atoms with Crippen molar-refractivity contribution in [2.24, 2.45) is 0 Å². The summed E-state index contributed by atoms with van der Waals surface area (Å²) < 4.78 is 28.2. The van der Waals surface area contributed by atoms with E-state index in [2.05, 4.69) is 124 Å². The predicted octanol–water partition coefficient (Wildman–Crippen LogP) is 14.2. The van der Waals surface area contributed by atoms with Crippen molar-refractivity contribution in [3.63, 3.8) is 0 Å². The van der Waals surface area contributed by atoms with Crippen LogP contribution in [0.4, 0.5) is 0 Å². The van der Waals surface area contributed by atoms with E-state index in [0.29, 0.717) is 25.7 Å². The van der Waals surface area contributed by atoms with Crippen LogP contribution in [0, 0.1) is 0 Å². The van der Waals surface area contributed by atoms with Crippen LogP contribution in [-0.2, 0) is 42.9 Å². The molecule has 0 aromatic carbocycles. The smallest absolute Gasteiger partial charge is 0.335 e. The zero-order valence-corrected chi connectivity index (χ0v) is 46.0. The Bertz CT molecular complexity index is 1810. The van der Waals surface area contributed by atoms with Crippen LogP contribution < -0.4 is 0 Å². The lowest BCUT2D eigenvalue weighted by Crippen LogP contribution is -2.61. The average molecular weight is 1050 g/mol. The Hall–Kier alpha value is -5.14. The minimum atomic E-state index is -1.94. The highest BCUT2D eigenvalue weighted by molar-refractivity contribution is 5.74. The summed E-state index contributed by atoms with van der Waals surface area (Å²) >= 11 is 0. The van der Waals surface area contributed by atoms with E-state index >= 15 is 0 Å². The Kier molecular flexibility index (Phi) is 45.0. The maximum atomic E-state index is 13.1. The lowest BCUT2D eigenvalue weighted by molar-refractivity contribution is -0.301. The van der Waals surface area contributed by atoms with E-state index in [1.165, 1.54) is 25.7 Å². The lowest BCUT2D eigenvalue weighted by atomic mass is 9.98. The number of carbonyl (C=O) groups is 4. The Labute approximate surface area is 451 Å². The first kappa shape index (κ1) is 67.9. The molecule has 6 unspecified atom stereocenters. The number of ether oxygens (including phenoxy) is 5. The summed E-state index contributed by atoms with van der Waals surface area (Å²) in [6, 6.07) is 0. The normalized spacial score (nSPS) is 19.2. The number of allylic oxidation sites excluding steroid dienone is 21. The van der Waals surface area contributed by atoms with Gasteiger partial charge >= 0.3 is 23.9 Å². The first-order valence-corrected chi connectivity index (χ1v) is 28.2. The van der Waals surface area contributed by atoms with E-state index in [-0.39, 0.29) is 25.9 Å². The van der Waals surface area contributed by atoms with Crippen molar-refractivity contribution in [3.05, 3.63) is 134 Å². The number of unbranched alkanes of at least 4 members (excludes halogenated alkanes) is 10. The van der Waals surface area contributed by atoms with E-state index in [0.717, 1.165) is 96.3 Å². The van der Waals surface area contributed by atoms with Gasteiger partial charge < -0.3 is 39.0 Å². The summed E-state index contributed by atoms with van der Waals surface area (Å²) in [7, 11) is 0. The van der Waals surface area contributed by atoms with Gasteiger partial charge in [0.15, 0.2) is 24.6 Å². The Morgan fingerprint density at radius 3 is 1.40 bits per heavy atom. The molecule has 6 atom stereocenters. The summed E-state index contributed by atoms with van der Waals surface area (Å²) in [5.74, 6) is -3.40. The van der Waals surface area contributed by atoms with Gasteiger partial charge in [0.05, 0.1) is 13.0 Å². The van der Waals surface area contributed by atoms with Crippen molar-refractivity contribution in [2.75, 3.05) is 13.2 Å². The molecular weight excluding hydrogens is 949 g/mol. The summed E-state index contributed by atoms with van der Waals surface area (Å²) in [4.78, 5) is 50.9. The molecule has 3 N–H and O–H groups in total. The van der Waals surface area contributed by atoms with Gasteiger partial charge in [0.1, 0.15) is 18.8 Å². The molecule has 0 amide bonds. The Morgan fingerprint density at radius 1 is 0.467 bits per heavy atom. The number of hydrogen-bond donors (Lipinski definition) is 3. The molecule has 1 fully saturated rings. The molecule has 420 valence electrons. The summed E-state index contributed by atoms with van der Waals surface area (Å²) in [6.07, 6.45) is 57.4. The first-order valence-electron chi connectivity index (χ1n) is 28.2. The van der Waals surface area contributed by atoms with E-state index in [1.807, 2.05) is 24.3 Å². The van der Waals surface area contributed by atoms with Gasteiger partial charge in [-0.25, -0.2) is 4.79 Å². The third kappa shape index (κ3) is 39.9. The first-order chi connectivity index (χ1) is 36.6. The summed E-state index contributed by atoms with van der Waals surface area (Å²) in [5.41, 5.74) is 0. The molecule has 1 aliphatic heterocycles. The number of aliphatic hydroxyl groups is 2. The minimum absolute atomic E-state index is 0.0288. The van der Waals surface area contributed by atoms with Gasteiger partial charge in [0, 0.05) is 12.8 Å². The molecule has 0 spiro atoms. The fourth-order valence-corrected chi connectivity index (χ4v) is 7.47. The second-order valence-electron chi connectivity index (χ2n) is 18.5. The van der Waals surface area contributed by atoms with Gasteiger partial charge in [0.25, 0.3) is 0 Å². The van der Waals surface area contributed by atoms with Gasteiger partial charge in [-0.05, 0) is 109 Å². The van der Waals surface area contributed by atoms with Gasteiger partial charge in [-0.2, -0.15) is 0 Å².